The third-order valence-electron chi connectivity index (χ3n) is 4.74. The molecule has 0 amide bonds. The first-order chi connectivity index (χ1) is 13.3. The predicted molar refractivity (Wildman–Crippen MR) is 103 cm³/mol. The van der Waals surface area contributed by atoms with Crippen LogP contribution in [-0.4, -0.2) is 36.3 Å². The van der Waals surface area contributed by atoms with Gasteiger partial charge in [-0.15, -0.1) is 11.3 Å². The summed E-state index contributed by atoms with van der Waals surface area (Å²) >= 11 is 1.62. The van der Waals surface area contributed by atoms with Gasteiger partial charge in [0.15, 0.2) is 5.82 Å². The molecule has 136 valence electrons. The first-order valence-electron chi connectivity index (χ1n) is 8.81. The molecule has 5 rings (SSSR count). The molecule has 4 aromatic rings. The maximum Gasteiger partial charge on any atom is 0.262 e. The van der Waals surface area contributed by atoms with Crippen molar-refractivity contribution in [2.24, 2.45) is 0 Å². The minimum atomic E-state index is 0.0337. The Labute approximate surface area is 158 Å². The van der Waals surface area contributed by atoms with Crippen molar-refractivity contribution in [3.63, 3.8) is 0 Å². The van der Waals surface area contributed by atoms with Crippen molar-refractivity contribution >= 4 is 21.6 Å². The summed E-state index contributed by atoms with van der Waals surface area (Å²) < 4.78 is 1.67. The molecular weight excluding hydrogens is 362 g/mol. The Morgan fingerprint density at radius 1 is 1.33 bits per heavy atom. The molecule has 8 nitrogen and oxygen atoms in total. The predicted octanol–water partition coefficient (Wildman–Crippen LogP) is 1.53. The summed E-state index contributed by atoms with van der Waals surface area (Å²) in [6.07, 6.45) is 6.54. The molecular formula is C18H17N7OS. The molecule has 0 spiro atoms. The standard InChI is InChI=1S/C18H17N7OS/c26-18-15-12-3-6-20-9-13(12)27-17(15)21-10-25(18)7-4-14-22-16(24-23-14)11-2-1-5-19-8-11/h1-2,5,8,10,20H,3-4,6-7,9H2,(H,22,23,24). The van der Waals surface area contributed by atoms with Gasteiger partial charge in [-0.2, -0.15) is 5.10 Å². The lowest BCUT2D eigenvalue weighted by Gasteiger charge is -2.12. The van der Waals surface area contributed by atoms with Crippen LogP contribution in [0.2, 0.25) is 0 Å². The van der Waals surface area contributed by atoms with E-state index < -0.39 is 0 Å². The van der Waals surface area contributed by atoms with Crippen molar-refractivity contribution in [2.45, 2.75) is 25.9 Å². The van der Waals surface area contributed by atoms with E-state index in [0.717, 1.165) is 41.1 Å². The number of aromatic nitrogens is 6. The fraction of sp³-hybridized carbons (Fsp3) is 0.278. The highest BCUT2D eigenvalue weighted by molar-refractivity contribution is 7.18. The number of fused-ring (bicyclic) bond motifs is 3. The number of thiophene rings is 1. The molecule has 4 aromatic heterocycles. The Morgan fingerprint density at radius 3 is 3.19 bits per heavy atom. The molecule has 0 fully saturated rings. The van der Waals surface area contributed by atoms with Gasteiger partial charge in [0, 0.05) is 42.3 Å². The van der Waals surface area contributed by atoms with E-state index >= 15 is 0 Å². The van der Waals surface area contributed by atoms with Crippen molar-refractivity contribution in [3.8, 4) is 11.4 Å². The van der Waals surface area contributed by atoms with Gasteiger partial charge in [-0.25, -0.2) is 9.97 Å². The van der Waals surface area contributed by atoms with Crippen LogP contribution in [0.5, 0.6) is 0 Å². The first-order valence-corrected chi connectivity index (χ1v) is 9.63. The smallest absolute Gasteiger partial charge is 0.262 e. The second-order valence-corrected chi connectivity index (χ2v) is 7.53. The van der Waals surface area contributed by atoms with Gasteiger partial charge >= 0.3 is 0 Å². The fourth-order valence-corrected chi connectivity index (χ4v) is 4.51. The van der Waals surface area contributed by atoms with Crippen LogP contribution in [0, 0.1) is 0 Å². The van der Waals surface area contributed by atoms with Crippen LogP contribution in [0.3, 0.4) is 0 Å². The number of aryl methyl sites for hydroxylation is 2. The summed E-state index contributed by atoms with van der Waals surface area (Å²) in [4.78, 5) is 28.1. The van der Waals surface area contributed by atoms with E-state index in [-0.39, 0.29) is 5.56 Å². The first kappa shape index (κ1) is 16.3. The Balaban J connectivity index is 1.40. The number of aromatic amines is 1. The summed E-state index contributed by atoms with van der Waals surface area (Å²) in [7, 11) is 0. The lowest BCUT2D eigenvalue weighted by atomic mass is 10.1. The summed E-state index contributed by atoms with van der Waals surface area (Å²) in [5.74, 6) is 1.34. The van der Waals surface area contributed by atoms with Gasteiger partial charge in [-0.05, 0) is 30.7 Å². The van der Waals surface area contributed by atoms with E-state index in [1.807, 2.05) is 12.1 Å². The molecule has 0 bridgehead atoms. The average Bonchev–Trinajstić information content (AvgIpc) is 3.33. The number of H-pyrrole nitrogens is 1. The molecule has 0 saturated carbocycles. The van der Waals surface area contributed by atoms with E-state index in [4.69, 9.17) is 0 Å². The van der Waals surface area contributed by atoms with Crippen LogP contribution in [0.1, 0.15) is 16.3 Å². The van der Waals surface area contributed by atoms with Gasteiger partial charge in [0.1, 0.15) is 10.7 Å². The van der Waals surface area contributed by atoms with Crippen molar-refractivity contribution in [1.82, 2.24) is 35.0 Å². The van der Waals surface area contributed by atoms with E-state index in [9.17, 15) is 4.79 Å². The molecule has 27 heavy (non-hydrogen) atoms. The summed E-state index contributed by atoms with van der Waals surface area (Å²) in [6.45, 7) is 2.24. The van der Waals surface area contributed by atoms with Crippen molar-refractivity contribution in [3.05, 3.63) is 57.5 Å². The maximum absolute atomic E-state index is 13.0. The maximum atomic E-state index is 13.0. The molecule has 9 heteroatoms. The van der Waals surface area contributed by atoms with Crippen LogP contribution < -0.4 is 10.9 Å². The number of pyridine rings is 1. The molecule has 1 aliphatic rings. The minimum Gasteiger partial charge on any atom is -0.312 e. The van der Waals surface area contributed by atoms with Crippen LogP contribution in [0.15, 0.2) is 35.6 Å². The molecule has 0 aromatic carbocycles. The highest BCUT2D eigenvalue weighted by Crippen LogP contribution is 2.29. The Bertz CT molecular complexity index is 1160. The highest BCUT2D eigenvalue weighted by atomic mass is 32.1. The van der Waals surface area contributed by atoms with E-state index in [2.05, 4.69) is 30.5 Å². The fourth-order valence-electron chi connectivity index (χ4n) is 3.37. The number of rotatable bonds is 4. The normalized spacial score (nSPS) is 13.8. The minimum absolute atomic E-state index is 0.0337. The van der Waals surface area contributed by atoms with Crippen LogP contribution in [-0.2, 0) is 25.9 Å². The topological polar surface area (TPSA) is 101 Å². The van der Waals surface area contributed by atoms with Gasteiger partial charge in [0.05, 0.1) is 11.7 Å². The van der Waals surface area contributed by atoms with Gasteiger partial charge in [-0.3, -0.25) is 19.4 Å². The Morgan fingerprint density at radius 2 is 2.30 bits per heavy atom. The Hall–Kier alpha value is -2.91. The second kappa shape index (κ2) is 6.67. The zero-order valence-electron chi connectivity index (χ0n) is 14.5. The largest absolute Gasteiger partial charge is 0.312 e. The van der Waals surface area contributed by atoms with Crippen molar-refractivity contribution in [2.75, 3.05) is 6.54 Å². The molecule has 0 unspecified atom stereocenters. The zero-order chi connectivity index (χ0) is 18.2. The third kappa shape index (κ3) is 2.94. The quantitative estimate of drug-likeness (QED) is 0.558. The summed E-state index contributed by atoms with van der Waals surface area (Å²) in [5, 5.41) is 11.3. The molecule has 2 N–H and O–H groups in total. The van der Waals surface area contributed by atoms with Crippen LogP contribution in [0.25, 0.3) is 21.6 Å². The van der Waals surface area contributed by atoms with Gasteiger partial charge in [-0.1, -0.05) is 0 Å². The second-order valence-electron chi connectivity index (χ2n) is 6.45. The average molecular weight is 379 g/mol. The van der Waals surface area contributed by atoms with Gasteiger partial charge < -0.3 is 5.32 Å². The third-order valence-corrected chi connectivity index (χ3v) is 5.88. The monoisotopic (exact) mass is 379 g/mol. The number of hydrogen-bond acceptors (Lipinski definition) is 7. The van der Waals surface area contributed by atoms with Crippen molar-refractivity contribution in [1.29, 1.82) is 0 Å². The van der Waals surface area contributed by atoms with Gasteiger partial charge in [0.25, 0.3) is 5.56 Å². The highest BCUT2D eigenvalue weighted by Gasteiger charge is 2.19. The number of nitrogens with one attached hydrogen (secondary N) is 2. The molecule has 1 aliphatic heterocycles. The Kier molecular flexibility index (Phi) is 4.02. The van der Waals surface area contributed by atoms with E-state index in [1.165, 1.54) is 10.4 Å². The van der Waals surface area contributed by atoms with E-state index in [1.54, 1.807) is 34.6 Å². The molecule has 0 saturated heterocycles. The molecule has 0 atom stereocenters. The number of hydrogen-bond donors (Lipinski definition) is 2. The van der Waals surface area contributed by atoms with Crippen LogP contribution >= 0.6 is 11.3 Å². The van der Waals surface area contributed by atoms with Crippen LogP contribution in [0.4, 0.5) is 0 Å². The molecule has 5 heterocycles. The molecule has 0 radical (unpaired) electrons. The van der Waals surface area contributed by atoms with Crippen molar-refractivity contribution < 1.29 is 0 Å². The van der Waals surface area contributed by atoms with E-state index in [0.29, 0.717) is 18.8 Å². The number of nitrogens with zero attached hydrogens (tertiary/aromatic N) is 5. The lowest BCUT2D eigenvalue weighted by Crippen LogP contribution is -2.25. The lowest BCUT2D eigenvalue weighted by molar-refractivity contribution is 0.640. The summed E-state index contributed by atoms with van der Waals surface area (Å²) in [6, 6.07) is 3.76. The summed E-state index contributed by atoms with van der Waals surface area (Å²) in [5.41, 5.74) is 2.06. The SMILES string of the molecule is O=c1c2c3c(sc2ncn1CCc1nc(-c2cccnc2)n[nH]1)CNCC3. The van der Waals surface area contributed by atoms with Gasteiger partial charge in [0.2, 0.25) is 0 Å². The molecule has 0 aliphatic carbocycles. The zero-order valence-corrected chi connectivity index (χ0v) is 15.3.